The van der Waals surface area contributed by atoms with Gasteiger partial charge in [-0.1, -0.05) is 17.4 Å². The first kappa shape index (κ1) is 15.7. The summed E-state index contributed by atoms with van der Waals surface area (Å²) in [5.41, 5.74) is 3.56. The van der Waals surface area contributed by atoms with Crippen molar-refractivity contribution in [2.75, 3.05) is 14.2 Å². The molecule has 0 amide bonds. The van der Waals surface area contributed by atoms with E-state index in [0.717, 1.165) is 22.2 Å². The number of imidazole rings is 1. The Morgan fingerprint density at radius 3 is 2.72 bits per heavy atom. The molecule has 25 heavy (non-hydrogen) atoms. The number of thiazole rings is 1. The number of aryl methyl sites for hydroxylation is 1. The van der Waals surface area contributed by atoms with Crippen LogP contribution in [0.3, 0.4) is 0 Å². The number of benzene rings is 2. The molecule has 0 unspecified atom stereocenters. The molecule has 0 radical (unpaired) electrons. The largest absolute Gasteiger partial charge is 0.497 e. The second kappa shape index (κ2) is 5.89. The Labute approximate surface area is 147 Å². The average molecular weight is 352 g/mol. The molecule has 0 aliphatic rings. The highest BCUT2D eigenvalue weighted by Gasteiger charge is 2.12. The van der Waals surface area contributed by atoms with E-state index in [0.29, 0.717) is 21.0 Å². The smallest absolute Gasteiger partial charge is 0.274 e. The minimum atomic E-state index is -0.0655. The number of hydrogen-bond acceptors (Lipinski definition) is 5. The molecule has 4 aromatic rings. The molecule has 0 fully saturated rings. The molecule has 2 heterocycles. The zero-order valence-corrected chi connectivity index (χ0v) is 14.9. The highest BCUT2D eigenvalue weighted by molar-refractivity contribution is 7.15. The molecule has 0 aliphatic carbocycles. The van der Waals surface area contributed by atoms with Crippen LogP contribution in [-0.4, -0.2) is 23.6 Å². The number of nitrogens with zero attached hydrogens (tertiary/aromatic N) is 2. The summed E-state index contributed by atoms with van der Waals surface area (Å²) in [7, 11) is 3.20. The third-order valence-electron chi connectivity index (χ3n) is 4.12. The predicted molar refractivity (Wildman–Crippen MR) is 99.9 cm³/mol. The standard InChI is InChI=1S/C19H16N2O3S/c1-11-4-7-15-14(8-11)20-19-21(15)18(22)17(25-19)9-12-5-6-13(23-2)10-16(12)24-3/h4-10H,1-3H3/b17-9-. The maximum atomic E-state index is 12.9. The lowest BCUT2D eigenvalue weighted by atomic mass is 10.2. The van der Waals surface area contributed by atoms with Crippen molar-refractivity contribution < 1.29 is 9.47 Å². The van der Waals surface area contributed by atoms with E-state index < -0.39 is 0 Å². The van der Waals surface area contributed by atoms with Gasteiger partial charge in [0, 0.05) is 11.6 Å². The van der Waals surface area contributed by atoms with Gasteiger partial charge in [-0.05, 0) is 42.8 Å². The summed E-state index contributed by atoms with van der Waals surface area (Å²) in [5, 5.41) is 0. The fourth-order valence-corrected chi connectivity index (χ4v) is 3.83. The molecule has 0 aliphatic heterocycles. The van der Waals surface area contributed by atoms with Crippen LogP contribution in [0.25, 0.3) is 22.1 Å². The monoisotopic (exact) mass is 352 g/mol. The summed E-state index contributed by atoms with van der Waals surface area (Å²) < 4.78 is 12.9. The van der Waals surface area contributed by atoms with Gasteiger partial charge in [-0.15, -0.1) is 0 Å². The average Bonchev–Trinajstić information content (AvgIpc) is 3.11. The molecule has 0 atom stereocenters. The van der Waals surface area contributed by atoms with E-state index in [1.807, 2.05) is 43.3 Å². The van der Waals surface area contributed by atoms with E-state index in [1.165, 1.54) is 11.3 Å². The summed E-state index contributed by atoms with van der Waals surface area (Å²) in [6.07, 6.45) is 1.83. The highest BCUT2D eigenvalue weighted by atomic mass is 32.1. The number of methoxy groups -OCH3 is 2. The number of hydrogen-bond donors (Lipinski definition) is 0. The van der Waals surface area contributed by atoms with Gasteiger partial charge >= 0.3 is 0 Å². The van der Waals surface area contributed by atoms with Crippen LogP contribution in [0.15, 0.2) is 41.2 Å². The van der Waals surface area contributed by atoms with Gasteiger partial charge < -0.3 is 9.47 Å². The van der Waals surface area contributed by atoms with Gasteiger partial charge in [0.2, 0.25) is 0 Å². The minimum absolute atomic E-state index is 0.0655. The molecular weight excluding hydrogens is 336 g/mol. The number of aromatic nitrogens is 2. The summed E-state index contributed by atoms with van der Waals surface area (Å²) in [6.45, 7) is 2.01. The van der Waals surface area contributed by atoms with Crippen LogP contribution in [0.5, 0.6) is 11.5 Å². The van der Waals surface area contributed by atoms with Crippen molar-refractivity contribution in [3.05, 3.63) is 62.4 Å². The van der Waals surface area contributed by atoms with E-state index in [2.05, 4.69) is 4.98 Å². The fourth-order valence-electron chi connectivity index (χ4n) is 2.86. The Morgan fingerprint density at radius 2 is 1.96 bits per heavy atom. The Balaban J connectivity index is 1.94. The first-order valence-electron chi connectivity index (χ1n) is 7.76. The van der Waals surface area contributed by atoms with Crippen molar-refractivity contribution >= 4 is 33.4 Å². The Hall–Kier alpha value is -2.86. The van der Waals surface area contributed by atoms with Crippen LogP contribution in [0.2, 0.25) is 0 Å². The van der Waals surface area contributed by atoms with E-state index >= 15 is 0 Å². The molecule has 0 saturated heterocycles. The molecule has 2 aromatic carbocycles. The zero-order chi connectivity index (χ0) is 17.6. The molecule has 0 saturated carbocycles. The molecule has 0 bridgehead atoms. The first-order valence-corrected chi connectivity index (χ1v) is 8.58. The third kappa shape index (κ3) is 2.55. The Bertz CT molecular complexity index is 1210. The first-order chi connectivity index (χ1) is 12.1. The van der Waals surface area contributed by atoms with E-state index in [-0.39, 0.29) is 5.56 Å². The molecule has 6 heteroatoms. The van der Waals surface area contributed by atoms with Gasteiger partial charge in [0.05, 0.1) is 29.8 Å². The maximum Gasteiger partial charge on any atom is 0.274 e. The van der Waals surface area contributed by atoms with Gasteiger partial charge in [-0.3, -0.25) is 4.79 Å². The lowest BCUT2D eigenvalue weighted by Crippen LogP contribution is -2.22. The molecule has 0 spiro atoms. The topological polar surface area (TPSA) is 52.8 Å². The minimum Gasteiger partial charge on any atom is -0.497 e. The van der Waals surface area contributed by atoms with Crippen molar-refractivity contribution in [3.8, 4) is 11.5 Å². The summed E-state index contributed by atoms with van der Waals surface area (Å²) >= 11 is 1.38. The number of rotatable bonds is 3. The number of fused-ring (bicyclic) bond motifs is 3. The van der Waals surface area contributed by atoms with Gasteiger partial charge in [0.15, 0.2) is 4.96 Å². The van der Waals surface area contributed by atoms with Crippen molar-refractivity contribution in [1.82, 2.24) is 9.38 Å². The van der Waals surface area contributed by atoms with Crippen molar-refractivity contribution in [2.45, 2.75) is 6.92 Å². The molecule has 126 valence electrons. The van der Waals surface area contributed by atoms with Gasteiger partial charge in [-0.25, -0.2) is 9.38 Å². The molecule has 5 nitrogen and oxygen atoms in total. The quantitative estimate of drug-likeness (QED) is 0.569. The summed E-state index contributed by atoms with van der Waals surface area (Å²) in [4.78, 5) is 18.1. The van der Waals surface area contributed by atoms with Crippen molar-refractivity contribution in [3.63, 3.8) is 0 Å². The zero-order valence-electron chi connectivity index (χ0n) is 14.1. The normalized spacial score (nSPS) is 12.2. The van der Waals surface area contributed by atoms with Gasteiger partial charge in [-0.2, -0.15) is 0 Å². The van der Waals surface area contributed by atoms with Crippen LogP contribution >= 0.6 is 11.3 Å². The third-order valence-corrected chi connectivity index (χ3v) is 5.09. The van der Waals surface area contributed by atoms with Crippen LogP contribution in [0, 0.1) is 6.92 Å². The Morgan fingerprint density at radius 1 is 1.12 bits per heavy atom. The Kier molecular flexibility index (Phi) is 3.69. The second-order valence-electron chi connectivity index (χ2n) is 5.75. The van der Waals surface area contributed by atoms with Crippen LogP contribution in [0.4, 0.5) is 0 Å². The van der Waals surface area contributed by atoms with Gasteiger partial charge in [0.25, 0.3) is 5.56 Å². The van der Waals surface area contributed by atoms with Crippen LogP contribution in [-0.2, 0) is 0 Å². The van der Waals surface area contributed by atoms with E-state index in [1.54, 1.807) is 24.7 Å². The summed E-state index contributed by atoms with van der Waals surface area (Å²) in [5.74, 6) is 1.36. The molecular formula is C19H16N2O3S. The van der Waals surface area contributed by atoms with Gasteiger partial charge in [0.1, 0.15) is 11.5 Å². The van der Waals surface area contributed by atoms with Crippen LogP contribution < -0.4 is 19.6 Å². The molecule has 0 N–H and O–H groups in total. The number of ether oxygens (including phenoxy) is 2. The van der Waals surface area contributed by atoms with Crippen molar-refractivity contribution in [2.24, 2.45) is 0 Å². The van der Waals surface area contributed by atoms with Crippen molar-refractivity contribution in [1.29, 1.82) is 0 Å². The molecule has 4 rings (SSSR count). The second-order valence-corrected chi connectivity index (χ2v) is 6.75. The fraction of sp³-hybridized carbons (Fsp3) is 0.158. The molecule has 2 aromatic heterocycles. The lowest BCUT2D eigenvalue weighted by molar-refractivity contribution is 0.393. The van der Waals surface area contributed by atoms with E-state index in [4.69, 9.17) is 9.47 Å². The summed E-state index contributed by atoms with van der Waals surface area (Å²) in [6, 6.07) is 11.4. The highest BCUT2D eigenvalue weighted by Crippen LogP contribution is 2.25. The predicted octanol–water partition coefficient (Wildman–Crippen LogP) is 2.78. The maximum absolute atomic E-state index is 12.9. The SMILES string of the molecule is COc1ccc(/C=c2\sc3nc4cc(C)ccc4n3c2=O)c(OC)c1. The lowest BCUT2D eigenvalue weighted by Gasteiger charge is -2.06. The van der Waals surface area contributed by atoms with Crippen LogP contribution in [0.1, 0.15) is 11.1 Å². The van der Waals surface area contributed by atoms with E-state index in [9.17, 15) is 4.79 Å².